The molecule has 0 radical (unpaired) electrons. The van der Waals surface area contributed by atoms with E-state index in [1.807, 2.05) is 18.2 Å². The summed E-state index contributed by atoms with van der Waals surface area (Å²) < 4.78 is 10.2. The highest BCUT2D eigenvalue weighted by Crippen LogP contribution is 2.22. The van der Waals surface area contributed by atoms with Crippen molar-refractivity contribution in [3.63, 3.8) is 0 Å². The molecule has 0 N–H and O–H groups in total. The van der Waals surface area contributed by atoms with Crippen molar-refractivity contribution in [1.29, 1.82) is 0 Å². The molecule has 0 saturated carbocycles. The molecule has 0 unspecified atom stereocenters. The van der Waals surface area contributed by atoms with Gasteiger partial charge in [-0.3, -0.25) is 4.99 Å². The van der Waals surface area contributed by atoms with Crippen LogP contribution in [0.3, 0.4) is 0 Å². The molecule has 1 aliphatic rings. The number of fused-ring (bicyclic) bond motifs is 1. The van der Waals surface area contributed by atoms with Crippen LogP contribution in [0.2, 0.25) is 0 Å². The molecule has 1 aliphatic heterocycles. The van der Waals surface area contributed by atoms with Crippen molar-refractivity contribution in [3.05, 3.63) is 29.3 Å². The standard InChI is InChI=1S/C13H15NO3/c1-3-17-13(15)12-11-5-4-10(16-2)8-9(11)6-7-14-12/h4-5,8H,3,6-7H2,1-2H3. The molecule has 4 heteroatoms. The minimum Gasteiger partial charge on any atom is -0.497 e. The normalized spacial score (nSPS) is 13.6. The number of carbonyl (C=O) groups is 1. The average Bonchev–Trinajstić information content (AvgIpc) is 2.37. The van der Waals surface area contributed by atoms with Crippen molar-refractivity contribution in [3.8, 4) is 5.75 Å². The van der Waals surface area contributed by atoms with Gasteiger partial charge in [-0.2, -0.15) is 0 Å². The number of benzene rings is 1. The van der Waals surface area contributed by atoms with Crippen molar-refractivity contribution in [2.45, 2.75) is 13.3 Å². The summed E-state index contributed by atoms with van der Waals surface area (Å²) in [5.74, 6) is 0.451. The Morgan fingerprint density at radius 1 is 1.47 bits per heavy atom. The first-order valence-corrected chi connectivity index (χ1v) is 5.65. The van der Waals surface area contributed by atoms with E-state index in [1.54, 1.807) is 14.0 Å². The molecule has 1 aromatic carbocycles. The van der Waals surface area contributed by atoms with Crippen LogP contribution in [-0.2, 0) is 16.0 Å². The Morgan fingerprint density at radius 3 is 3.00 bits per heavy atom. The minimum absolute atomic E-state index is 0.349. The van der Waals surface area contributed by atoms with Gasteiger partial charge in [0, 0.05) is 12.1 Å². The molecular weight excluding hydrogens is 218 g/mol. The lowest BCUT2D eigenvalue weighted by molar-refractivity contribution is -0.134. The quantitative estimate of drug-likeness (QED) is 0.745. The largest absolute Gasteiger partial charge is 0.497 e. The van der Waals surface area contributed by atoms with Crippen LogP contribution in [-0.4, -0.2) is 31.9 Å². The first-order valence-electron chi connectivity index (χ1n) is 5.65. The molecule has 0 fully saturated rings. The van der Waals surface area contributed by atoms with Crippen molar-refractivity contribution in [2.24, 2.45) is 4.99 Å². The number of rotatable bonds is 3. The van der Waals surface area contributed by atoms with Crippen LogP contribution in [0.5, 0.6) is 5.75 Å². The predicted molar refractivity (Wildman–Crippen MR) is 64.7 cm³/mol. The van der Waals surface area contributed by atoms with Crippen molar-refractivity contribution in [2.75, 3.05) is 20.3 Å². The van der Waals surface area contributed by atoms with Gasteiger partial charge in [-0.05, 0) is 37.1 Å². The monoisotopic (exact) mass is 233 g/mol. The van der Waals surface area contributed by atoms with E-state index in [0.717, 1.165) is 23.3 Å². The number of carbonyl (C=O) groups excluding carboxylic acids is 1. The van der Waals surface area contributed by atoms with Crippen LogP contribution in [0.1, 0.15) is 18.1 Å². The van der Waals surface area contributed by atoms with E-state index in [2.05, 4.69) is 4.99 Å². The van der Waals surface area contributed by atoms with E-state index >= 15 is 0 Å². The SMILES string of the molecule is CCOC(=O)C1=NCCc2cc(OC)ccc21. The molecule has 90 valence electrons. The van der Waals surface area contributed by atoms with Crippen LogP contribution in [0, 0.1) is 0 Å². The Bertz CT molecular complexity index is 466. The first kappa shape index (κ1) is 11.6. The molecule has 0 saturated heterocycles. The molecule has 17 heavy (non-hydrogen) atoms. The molecular formula is C13H15NO3. The summed E-state index contributed by atoms with van der Waals surface area (Å²) in [7, 11) is 1.63. The number of hydrogen-bond acceptors (Lipinski definition) is 4. The number of esters is 1. The molecule has 4 nitrogen and oxygen atoms in total. The number of aliphatic imine (C=N–C) groups is 1. The highest BCUT2D eigenvalue weighted by molar-refractivity contribution is 6.43. The number of methoxy groups -OCH3 is 1. The molecule has 0 spiro atoms. The zero-order valence-corrected chi connectivity index (χ0v) is 10.0. The van der Waals surface area contributed by atoms with Gasteiger partial charge in [0.1, 0.15) is 5.75 Å². The smallest absolute Gasteiger partial charge is 0.357 e. The van der Waals surface area contributed by atoms with E-state index in [4.69, 9.17) is 9.47 Å². The highest BCUT2D eigenvalue weighted by atomic mass is 16.5. The van der Waals surface area contributed by atoms with Gasteiger partial charge >= 0.3 is 5.97 Å². The fraction of sp³-hybridized carbons (Fsp3) is 0.385. The Kier molecular flexibility index (Phi) is 3.42. The Balaban J connectivity index is 2.35. The summed E-state index contributed by atoms with van der Waals surface area (Å²) in [5, 5.41) is 0. The summed E-state index contributed by atoms with van der Waals surface area (Å²) in [6.45, 7) is 2.77. The van der Waals surface area contributed by atoms with E-state index in [9.17, 15) is 4.79 Å². The lowest BCUT2D eigenvalue weighted by atomic mass is 9.97. The van der Waals surface area contributed by atoms with Gasteiger partial charge in [0.05, 0.1) is 13.7 Å². The number of nitrogens with zero attached hydrogens (tertiary/aromatic N) is 1. The van der Waals surface area contributed by atoms with Crippen LogP contribution in [0.25, 0.3) is 0 Å². The fourth-order valence-electron chi connectivity index (χ4n) is 1.88. The van der Waals surface area contributed by atoms with E-state index in [1.165, 1.54) is 0 Å². The van der Waals surface area contributed by atoms with E-state index in [0.29, 0.717) is 18.9 Å². The maximum atomic E-state index is 11.7. The fourth-order valence-corrected chi connectivity index (χ4v) is 1.88. The molecule has 1 aromatic rings. The summed E-state index contributed by atoms with van der Waals surface area (Å²) in [5.41, 5.74) is 2.37. The van der Waals surface area contributed by atoms with Gasteiger partial charge in [-0.25, -0.2) is 4.79 Å². The molecule has 0 aliphatic carbocycles. The summed E-state index contributed by atoms with van der Waals surface area (Å²) in [6, 6.07) is 5.64. The number of hydrogen-bond donors (Lipinski definition) is 0. The topological polar surface area (TPSA) is 47.9 Å². The minimum atomic E-state index is -0.349. The zero-order valence-electron chi connectivity index (χ0n) is 10.0. The Hall–Kier alpha value is -1.84. The Labute approximate surface area is 100 Å². The van der Waals surface area contributed by atoms with Gasteiger partial charge in [-0.1, -0.05) is 0 Å². The molecule has 0 atom stereocenters. The lowest BCUT2D eigenvalue weighted by Crippen LogP contribution is -2.24. The average molecular weight is 233 g/mol. The van der Waals surface area contributed by atoms with Crippen LogP contribution in [0.15, 0.2) is 23.2 Å². The molecule has 1 heterocycles. The van der Waals surface area contributed by atoms with Crippen LogP contribution in [0.4, 0.5) is 0 Å². The van der Waals surface area contributed by atoms with Gasteiger partial charge in [0.15, 0.2) is 5.71 Å². The third kappa shape index (κ3) is 2.30. The second-order valence-electron chi connectivity index (χ2n) is 3.72. The second-order valence-corrected chi connectivity index (χ2v) is 3.72. The third-order valence-corrected chi connectivity index (χ3v) is 2.69. The Morgan fingerprint density at radius 2 is 2.29 bits per heavy atom. The highest BCUT2D eigenvalue weighted by Gasteiger charge is 2.21. The maximum Gasteiger partial charge on any atom is 0.357 e. The summed E-state index contributed by atoms with van der Waals surface area (Å²) in [4.78, 5) is 16.0. The van der Waals surface area contributed by atoms with Crippen molar-refractivity contribution in [1.82, 2.24) is 0 Å². The summed E-state index contributed by atoms with van der Waals surface area (Å²) >= 11 is 0. The number of ether oxygens (including phenoxy) is 2. The van der Waals surface area contributed by atoms with Gasteiger partial charge in [-0.15, -0.1) is 0 Å². The molecule has 0 aromatic heterocycles. The summed E-state index contributed by atoms with van der Waals surface area (Å²) in [6.07, 6.45) is 0.829. The second kappa shape index (κ2) is 4.99. The van der Waals surface area contributed by atoms with E-state index in [-0.39, 0.29) is 5.97 Å². The van der Waals surface area contributed by atoms with Crippen LogP contribution < -0.4 is 4.74 Å². The first-order chi connectivity index (χ1) is 8.26. The van der Waals surface area contributed by atoms with Crippen molar-refractivity contribution >= 4 is 11.7 Å². The predicted octanol–water partition coefficient (Wildman–Crippen LogP) is 1.60. The van der Waals surface area contributed by atoms with E-state index < -0.39 is 0 Å². The molecule has 0 bridgehead atoms. The van der Waals surface area contributed by atoms with Crippen molar-refractivity contribution < 1.29 is 14.3 Å². The molecule has 2 rings (SSSR count). The van der Waals surface area contributed by atoms with Gasteiger partial charge < -0.3 is 9.47 Å². The molecule has 0 amide bonds. The maximum absolute atomic E-state index is 11.7. The van der Waals surface area contributed by atoms with Gasteiger partial charge in [0.2, 0.25) is 0 Å². The van der Waals surface area contributed by atoms with Gasteiger partial charge in [0.25, 0.3) is 0 Å². The van der Waals surface area contributed by atoms with Crippen LogP contribution >= 0.6 is 0 Å². The lowest BCUT2D eigenvalue weighted by Gasteiger charge is -2.16. The third-order valence-electron chi connectivity index (χ3n) is 2.69. The zero-order chi connectivity index (χ0) is 12.3.